The summed E-state index contributed by atoms with van der Waals surface area (Å²) >= 11 is 5.78. The Kier molecular flexibility index (Phi) is 1.39. The van der Waals surface area contributed by atoms with E-state index in [9.17, 15) is 0 Å². The lowest BCUT2D eigenvalue weighted by atomic mass is 10.1. The van der Waals surface area contributed by atoms with Crippen molar-refractivity contribution < 1.29 is 0 Å². The first-order valence-corrected chi connectivity index (χ1v) is 3.68. The molecule has 0 saturated heterocycles. The first-order chi connectivity index (χ1) is 4.88. The van der Waals surface area contributed by atoms with Crippen molar-refractivity contribution in [1.82, 2.24) is 15.5 Å². The lowest BCUT2D eigenvalue weighted by Crippen LogP contribution is -2.22. The van der Waals surface area contributed by atoms with E-state index >= 15 is 0 Å². The molecule has 0 saturated carbocycles. The minimum Gasteiger partial charge on any atom is -0.312 e. The van der Waals surface area contributed by atoms with Crippen molar-refractivity contribution in [3.63, 3.8) is 0 Å². The van der Waals surface area contributed by atoms with Crippen LogP contribution in [-0.4, -0.2) is 16.7 Å². The third-order valence-electron chi connectivity index (χ3n) is 1.76. The van der Waals surface area contributed by atoms with E-state index in [4.69, 9.17) is 11.6 Å². The maximum Gasteiger partial charge on any atom is 0.155 e. The molecule has 1 aliphatic heterocycles. The van der Waals surface area contributed by atoms with Gasteiger partial charge in [0, 0.05) is 30.8 Å². The number of aromatic nitrogens is 2. The van der Waals surface area contributed by atoms with Gasteiger partial charge in [0.1, 0.15) is 0 Å². The standard InChI is InChI=1S/C6H8ClN3/c7-6-4-3-8-2-1-5(4)9-10-6/h8H,1-3H2,(H,9,10). The largest absolute Gasteiger partial charge is 0.312 e. The lowest BCUT2D eigenvalue weighted by Gasteiger charge is -2.10. The third-order valence-corrected chi connectivity index (χ3v) is 2.07. The van der Waals surface area contributed by atoms with Crippen LogP contribution in [-0.2, 0) is 13.0 Å². The average Bonchev–Trinajstić information content (AvgIpc) is 2.34. The highest BCUT2D eigenvalue weighted by Crippen LogP contribution is 2.18. The van der Waals surface area contributed by atoms with Crippen molar-refractivity contribution >= 4 is 11.6 Å². The molecule has 1 aromatic heterocycles. The number of rotatable bonds is 0. The Hall–Kier alpha value is -0.540. The van der Waals surface area contributed by atoms with E-state index in [-0.39, 0.29) is 0 Å². The van der Waals surface area contributed by atoms with Gasteiger partial charge in [0.05, 0.1) is 0 Å². The van der Waals surface area contributed by atoms with Gasteiger partial charge in [0.15, 0.2) is 5.15 Å². The summed E-state index contributed by atoms with van der Waals surface area (Å²) in [6, 6.07) is 0. The minimum absolute atomic E-state index is 0.613. The zero-order valence-corrected chi connectivity index (χ0v) is 6.20. The monoisotopic (exact) mass is 157 g/mol. The second-order valence-corrected chi connectivity index (χ2v) is 2.76. The molecule has 2 N–H and O–H groups in total. The van der Waals surface area contributed by atoms with Crippen molar-refractivity contribution in [2.24, 2.45) is 0 Å². The van der Waals surface area contributed by atoms with Crippen LogP contribution in [0, 0.1) is 0 Å². The maximum atomic E-state index is 5.78. The van der Waals surface area contributed by atoms with Gasteiger partial charge in [-0.05, 0) is 0 Å². The summed E-state index contributed by atoms with van der Waals surface area (Å²) in [5.74, 6) is 0. The van der Waals surface area contributed by atoms with Crippen molar-refractivity contribution in [3.05, 3.63) is 16.4 Å². The van der Waals surface area contributed by atoms with Crippen molar-refractivity contribution in [2.75, 3.05) is 6.54 Å². The third kappa shape index (κ3) is 0.822. The fourth-order valence-corrected chi connectivity index (χ4v) is 1.41. The van der Waals surface area contributed by atoms with Crippen molar-refractivity contribution in [2.45, 2.75) is 13.0 Å². The van der Waals surface area contributed by atoms with Crippen LogP contribution in [0.5, 0.6) is 0 Å². The molecule has 54 valence electrons. The van der Waals surface area contributed by atoms with E-state index < -0.39 is 0 Å². The van der Waals surface area contributed by atoms with Crippen LogP contribution in [0.25, 0.3) is 0 Å². The van der Waals surface area contributed by atoms with E-state index in [2.05, 4.69) is 15.5 Å². The molecule has 4 heteroatoms. The van der Waals surface area contributed by atoms with Crippen molar-refractivity contribution in [3.8, 4) is 0 Å². The Morgan fingerprint density at radius 3 is 3.20 bits per heavy atom. The molecule has 0 fully saturated rings. The molecule has 1 aromatic rings. The van der Waals surface area contributed by atoms with Crippen LogP contribution in [0.3, 0.4) is 0 Å². The Morgan fingerprint density at radius 2 is 2.40 bits per heavy atom. The van der Waals surface area contributed by atoms with Gasteiger partial charge >= 0.3 is 0 Å². The molecule has 0 atom stereocenters. The van der Waals surface area contributed by atoms with Crippen LogP contribution >= 0.6 is 11.6 Å². The quantitative estimate of drug-likeness (QED) is 0.583. The fraction of sp³-hybridized carbons (Fsp3) is 0.500. The Labute approximate surface area is 63.8 Å². The van der Waals surface area contributed by atoms with Gasteiger partial charge in [-0.3, -0.25) is 5.10 Å². The molecule has 0 bridgehead atoms. The molecule has 2 rings (SSSR count). The van der Waals surface area contributed by atoms with Crippen LogP contribution < -0.4 is 5.32 Å². The van der Waals surface area contributed by atoms with E-state index in [1.807, 2.05) is 0 Å². The van der Waals surface area contributed by atoms with E-state index in [0.29, 0.717) is 5.15 Å². The van der Waals surface area contributed by atoms with Crippen LogP contribution in [0.2, 0.25) is 5.15 Å². The molecule has 0 radical (unpaired) electrons. The lowest BCUT2D eigenvalue weighted by molar-refractivity contribution is 0.637. The van der Waals surface area contributed by atoms with Gasteiger partial charge in [-0.2, -0.15) is 5.10 Å². The number of H-pyrrole nitrogens is 1. The normalized spacial score (nSPS) is 16.9. The highest BCUT2D eigenvalue weighted by Gasteiger charge is 2.13. The molecule has 2 heterocycles. The van der Waals surface area contributed by atoms with Crippen LogP contribution in [0.1, 0.15) is 11.3 Å². The molecule has 0 unspecified atom stereocenters. The summed E-state index contributed by atoms with van der Waals surface area (Å²) in [7, 11) is 0. The molecule has 1 aliphatic rings. The minimum atomic E-state index is 0.613. The summed E-state index contributed by atoms with van der Waals surface area (Å²) in [5.41, 5.74) is 2.32. The van der Waals surface area contributed by atoms with Gasteiger partial charge in [0.25, 0.3) is 0 Å². The van der Waals surface area contributed by atoms with Gasteiger partial charge in [-0.25, -0.2) is 0 Å². The Morgan fingerprint density at radius 1 is 1.50 bits per heavy atom. The molecular weight excluding hydrogens is 150 g/mol. The predicted molar refractivity (Wildman–Crippen MR) is 39.0 cm³/mol. The molecule has 10 heavy (non-hydrogen) atoms. The fourth-order valence-electron chi connectivity index (χ4n) is 1.19. The summed E-state index contributed by atoms with van der Waals surface area (Å²) in [6.45, 7) is 1.87. The second kappa shape index (κ2) is 2.25. The summed E-state index contributed by atoms with van der Waals surface area (Å²) in [6.07, 6.45) is 1.01. The van der Waals surface area contributed by atoms with E-state index in [0.717, 1.165) is 25.1 Å². The van der Waals surface area contributed by atoms with E-state index in [1.54, 1.807) is 0 Å². The first kappa shape index (κ1) is 6.19. The zero-order valence-electron chi connectivity index (χ0n) is 5.45. The number of nitrogens with zero attached hydrogens (tertiary/aromatic N) is 1. The number of hydrogen-bond donors (Lipinski definition) is 2. The molecule has 0 aromatic carbocycles. The molecule has 0 amide bonds. The molecule has 0 aliphatic carbocycles. The SMILES string of the molecule is Clc1n[nH]c2c1CNCC2. The molecule has 0 spiro atoms. The maximum absolute atomic E-state index is 5.78. The van der Waals surface area contributed by atoms with Gasteiger partial charge in [-0.1, -0.05) is 11.6 Å². The zero-order chi connectivity index (χ0) is 6.97. The highest BCUT2D eigenvalue weighted by molar-refractivity contribution is 6.30. The second-order valence-electron chi connectivity index (χ2n) is 2.40. The number of halogens is 1. The molecule has 3 nitrogen and oxygen atoms in total. The average molecular weight is 158 g/mol. The first-order valence-electron chi connectivity index (χ1n) is 3.30. The van der Waals surface area contributed by atoms with Crippen LogP contribution in [0.15, 0.2) is 0 Å². The van der Waals surface area contributed by atoms with Crippen LogP contribution in [0.4, 0.5) is 0 Å². The van der Waals surface area contributed by atoms with E-state index in [1.165, 1.54) is 5.69 Å². The summed E-state index contributed by atoms with van der Waals surface area (Å²) < 4.78 is 0. The summed E-state index contributed by atoms with van der Waals surface area (Å²) in [5, 5.41) is 10.6. The predicted octanol–water partition coefficient (Wildman–Crippen LogP) is 0.709. The topological polar surface area (TPSA) is 40.7 Å². The Balaban J connectivity index is 2.45. The molecular formula is C6H8ClN3. The number of aromatic amines is 1. The van der Waals surface area contributed by atoms with Crippen molar-refractivity contribution in [1.29, 1.82) is 0 Å². The Bertz CT molecular complexity index is 243. The van der Waals surface area contributed by atoms with Gasteiger partial charge in [0.2, 0.25) is 0 Å². The highest BCUT2D eigenvalue weighted by atomic mass is 35.5. The summed E-state index contributed by atoms with van der Waals surface area (Å²) in [4.78, 5) is 0. The number of nitrogens with one attached hydrogen (secondary N) is 2. The number of hydrogen-bond acceptors (Lipinski definition) is 2. The smallest absolute Gasteiger partial charge is 0.155 e. The van der Waals surface area contributed by atoms with Gasteiger partial charge < -0.3 is 5.32 Å². The number of fused-ring (bicyclic) bond motifs is 1. The van der Waals surface area contributed by atoms with Gasteiger partial charge in [-0.15, -0.1) is 0 Å².